The minimum Gasteiger partial charge on any atom is -0.352 e. The van der Waals surface area contributed by atoms with Gasteiger partial charge in [0.1, 0.15) is 0 Å². The smallest absolute Gasteiger partial charge is 0.225 e. The first-order valence-corrected chi connectivity index (χ1v) is 7.95. The minimum atomic E-state index is -0.253. The summed E-state index contributed by atoms with van der Waals surface area (Å²) >= 11 is 0. The van der Waals surface area contributed by atoms with Gasteiger partial charge in [0.05, 0.1) is 5.92 Å². The van der Waals surface area contributed by atoms with Crippen molar-refractivity contribution in [2.24, 2.45) is 11.7 Å². The van der Waals surface area contributed by atoms with Crippen LogP contribution in [0.4, 0.5) is 0 Å². The van der Waals surface area contributed by atoms with Gasteiger partial charge in [-0.3, -0.25) is 4.79 Å². The lowest BCUT2D eigenvalue weighted by molar-refractivity contribution is -0.126. The molecule has 1 aromatic carbocycles. The molecule has 0 radical (unpaired) electrons. The Bertz CT molecular complexity index is 458. The van der Waals surface area contributed by atoms with Crippen LogP contribution in [0.15, 0.2) is 30.3 Å². The van der Waals surface area contributed by atoms with Crippen LogP contribution in [0.2, 0.25) is 0 Å². The molecule has 3 atom stereocenters. The molecule has 1 aliphatic heterocycles. The van der Waals surface area contributed by atoms with Crippen molar-refractivity contribution in [3.8, 4) is 0 Å². The first-order valence-electron chi connectivity index (χ1n) is 7.95. The number of hydrogen-bond acceptors (Lipinski definition) is 3. The highest BCUT2D eigenvalue weighted by molar-refractivity contribution is 5.85. The summed E-state index contributed by atoms with van der Waals surface area (Å²) in [4.78, 5) is 14.8. The Hall–Kier alpha value is -0.810. The number of rotatable bonds is 5. The predicted molar refractivity (Wildman–Crippen MR) is 100 cm³/mol. The van der Waals surface area contributed by atoms with Gasteiger partial charge in [-0.15, -0.1) is 24.8 Å². The maximum atomic E-state index is 12.4. The van der Waals surface area contributed by atoms with Crippen molar-refractivity contribution >= 4 is 30.7 Å². The number of likely N-dealkylation sites (tertiary alicyclic amines) is 1. The van der Waals surface area contributed by atoms with Gasteiger partial charge in [0.25, 0.3) is 0 Å². The van der Waals surface area contributed by atoms with E-state index in [2.05, 4.69) is 17.1 Å². The highest BCUT2D eigenvalue weighted by atomic mass is 35.5. The molecule has 1 amide bonds. The molecule has 3 unspecified atom stereocenters. The van der Waals surface area contributed by atoms with Crippen LogP contribution in [0.25, 0.3) is 0 Å². The van der Waals surface area contributed by atoms with Gasteiger partial charge in [-0.1, -0.05) is 44.2 Å². The summed E-state index contributed by atoms with van der Waals surface area (Å²) in [6.07, 6.45) is 2.22. The normalized spacial score (nSPS) is 20.6. The van der Waals surface area contributed by atoms with Gasteiger partial charge in [0.15, 0.2) is 0 Å². The number of amides is 1. The second-order valence-corrected chi connectivity index (χ2v) is 5.97. The largest absolute Gasteiger partial charge is 0.352 e. The lowest BCUT2D eigenvalue weighted by atomic mass is 9.94. The van der Waals surface area contributed by atoms with Crippen LogP contribution in [0.3, 0.4) is 0 Å². The van der Waals surface area contributed by atoms with E-state index in [-0.39, 0.29) is 48.7 Å². The van der Waals surface area contributed by atoms with Crippen LogP contribution in [0, 0.1) is 5.92 Å². The summed E-state index contributed by atoms with van der Waals surface area (Å²) in [6, 6.07) is 9.85. The van der Waals surface area contributed by atoms with Gasteiger partial charge in [-0.25, -0.2) is 0 Å². The van der Waals surface area contributed by atoms with Crippen molar-refractivity contribution in [2.45, 2.75) is 38.8 Å². The molecule has 1 aromatic rings. The second kappa shape index (κ2) is 10.9. The van der Waals surface area contributed by atoms with Crippen LogP contribution in [-0.2, 0) is 4.79 Å². The molecule has 6 heteroatoms. The number of hydrogen-bond donors (Lipinski definition) is 2. The summed E-state index contributed by atoms with van der Waals surface area (Å²) in [5, 5.41) is 3.17. The van der Waals surface area contributed by atoms with Crippen LogP contribution in [0.1, 0.15) is 38.3 Å². The van der Waals surface area contributed by atoms with Crippen molar-refractivity contribution in [2.75, 3.05) is 19.6 Å². The Kier molecular flexibility index (Phi) is 10.5. The molecule has 1 heterocycles. The SMILES string of the molecule is CCN1CCCC(NC(=O)C(C)C(N)c2ccccc2)C1.Cl.Cl. The Balaban J connectivity index is 0.00000242. The van der Waals surface area contributed by atoms with Crippen LogP contribution in [0.5, 0.6) is 0 Å². The lowest BCUT2D eigenvalue weighted by Crippen LogP contribution is -2.49. The van der Waals surface area contributed by atoms with Gasteiger partial charge in [-0.05, 0) is 31.5 Å². The monoisotopic (exact) mass is 361 g/mol. The molecule has 1 aliphatic rings. The number of carbonyl (C=O) groups is 1. The molecular formula is C17H29Cl2N3O. The highest BCUT2D eigenvalue weighted by Gasteiger charge is 2.26. The van der Waals surface area contributed by atoms with Crippen molar-refractivity contribution in [1.29, 1.82) is 0 Å². The third kappa shape index (κ3) is 6.30. The molecule has 0 bridgehead atoms. The van der Waals surface area contributed by atoms with E-state index >= 15 is 0 Å². The first-order chi connectivity index (χ1) is 10.1. The summed E-state index contributed by atoms with van der Waals surface area (Å²) in [5.74, 6) is -0.154. The summed E-state index contributed by atoms with van der Waals surface area (Å²) in [5.41, 5.74) is 7.24. The van der Waals surface area contributed by atoms with Crippen molar-refractivity contribution in [1.82, 2.24) is 10.2 Å². The summed E-state index contributed by atoms with van der Waals surface area (Å²) < 4.78 is 0. The third-order valence-electron chi connectivity index (χ3n) is 4.44. The number of benzene rings is 1. The number of piperidine rings is 1. The minimum absolute atomic E-state index is 0. The number of likely N-dealkylation sites (N-methyl/N-ethyl adjacent to an activating group) is 1. The molecule has 0 saturated carbocycles. The summed E-state index contributed by atoms with van der Waals surface area (Å²) in [6.45, 7) is 7.22. The molecule has 1 saturated heterocycles. The number of nitrogens with two attached hydrogens (primary N) is 1. The molecule has 23 heavy (non-hydrogen) atoms. The lowest BCUT2D eigenvalue weighted by Gasteiger charge is -2.33. The highest BCUT2D eigenvalue weighted by Crippen LogP contribution is 2.20. The maximum Gasteiger partial charge on any atom is 0.225 e. The van der Waals surface area contributed by atoms with Gasteiger partial charge in [0.2, 0.25) is 5.91 Å². The van der Waals surface area contributed by atoms with E-state index in [1.54, 1.807) is 0 Å². The van der Waals surface area contributed by atoms with E-state index in [1.807, 2.05) is 37.3 Å². The van der Waals surface area contributed by atoms with Gasteiger partial charge in [-0.2, -0.15) is 0 Å². The standard InChI is InChI=1S/C17H27N3O.2ClH/c1-3-20-11-7-10-15(12-20)19-17(21)13(2)16(18)14-8-5-4-6-9-14;;/h4-6,8-9,13,15-16H,3,7,10-12,18H2,1-2H3,(H,19,21);2*1H. The van der Waals surface area contributed by atoms with E-state index in [0.717, 1.165) is 38.0 Å². The average molecular weight is 362 g/mol. The number of carbonyl (C=O) groups excluding carboxylic acids is 1. The van der Waals surface area contributed by atoms with E-state index in [9.17, 15) is 4.79 Å². The van der Waals surface area contributed by atoms with E-state index in [0.29, 0.717) is 0 Å². The van der Waals surface area contributed by atoms with Crippen molar-refractivity contribution in [3.05, 3.63) is 35.9 Å². The van der Waals surface area contributed by atoms with Gasteiger partial charge < -0.3 is 16.0 Å². The summed E-state index contributed by atoms with van der Waals surface area (Å²) in [7, 11) is 0. The second-order valence-electron chi connectivity index (χ2n) is 5.97. The number of nitrogens with zero attached hydrogens (tertiary/aromatic N) is 1. The molecule has 0 aromatic heterocycles. The molecule has 0 spiro atoms. The van der Waals surface area contributed by atoms with Crippen LogP contribution < -0.4 is 11.1 Å². The zero-order valence-corrected chi connectivity index (χ0v) is 15.5. The molecule has 132 valence electrons. The zero-order chi connectivity index (χ0) is 15.2. The third-order valence-corrected chi connectivity index (χ3v) is 4.44. The molecule has 1 fully saturated rings. The average Bonchev–Trinajstić information content (AvgIpc) is 2.54. The van der Waals surface area contributed by atoms with Crippen molar-refractivity contribution < 1.29 is 4.79 Å². The Morgan fingerprint density at radius 3 is 2.61 bits per heavy atom. The fraction of sp³-hybridized carbons (Fsp3) is 0.588. The molecule has 4 nitrogen and oxygen atoms in total. The van der Waals surface area contributed by atoms with E-state index < -0.39 is 0 Å². The van der Waals surface area contributed by atoms with Crippen LogP contribution in [-0.4, -0.2) is 36.5 Å². The molecule has 3 N–H and O–H groups in total. The van der Waals surface area contributed by atoms with E-state index in [4.69, 9.17) is 5.73 Å². The van der Waals surface area contributed by atoms with E-state index in [1.165, 1.54) is 0 Å². The molecule has 0 aliphatic carbocycles. The van der Waals surface area contributed by atoms with Gasteiger partial charge in [0, 0.05) is 18.6 Å². The van der Waals surface area contributed by atoms with Crippen LogP contribution >= 0.6 is 24.8 Å². The Morgan fingerprint density at radius 1 is 1.35 bits per heavy atom. The van der Waals surface area contributed by atoms with Crippen molar-refractivity contribution in [3.63, 3.8) is 0 Å². The predicted octanol–water partition coefficient (Wildman–Crippen LogP) is 2.77. The molecule has 2 rings (SSSR count). The fourth-order valence-electron chi connectivity index (χ4n) is 2.92. The fourth-order valence-corrected chi connectivity index (χ4v) is 2.92. The zero-order valence-electron chi connectivity index (χ0n) is 13.9. The number of halogens is 2. The quantitative estimate of drug-likeness (QED) is 0.847. The Labute approximate surface area is 152 Å². The number of nitrogens with one attached hydrogen (secondary N) is 1. The topological polar surface area (TPSA) is 58.4 Å². The maximum absolute atomic E-state index is 12.4. The van der Waals surface area contributed by atoms with Gasteiger partial charge >= 0.3 is 0 Å². The molecular weight excluding hydrogens is 333 g/mol. The first kappa shape index (κ1) is 22.2. The Morgan fingerprint density at radius 2 is 2.00 bits per heavy atom.